The predicted molar refractivity (Wildman–Crippen MR) is 76.6 cm³/mol. The molecule has 2 rings (SSSR count). The van der Waals surface area contributed by atoms with Crippen LogP contribution >= 0.6 is 0 Å². The monoisotopic (exact) mass is 253 g/mol. The summed E-state index contributed by atoms with van der Waals surface area (Å²) in [5, 5.41) is 13.2. The molecule has 0 unspecified atom stereocenters. The first-order chi connectivity index (χ1) is 8.58. The molecule has 2 saturated carbocycles. The fourth-order valence-electron chi connectivity index (χ4n) is 3.80. The Morgan fingerprint density at radius 2 is 1.61 bits per heavy atom. The van der Waals surface area contributed by atoms with E-state index in [-0.39, 0.29) is 6.10 Å². The van der Waals surface area contributed by atoms with Crippen molar-refractivity contribution in [2.75, 3.05) is 13.1 Å². The van der Waals surface area contributed by atoms with E-state index in [2.05, 4.69) is 19.2 Å². The van der Waals surface area contributed by atoms with Gasteiger partial charge < -0.3 is 10.4 Å². The summed E-state index contributed by atoms with van der Waals surface area (Å²) in [7, 11) is 0. The predicted octanol–water partition coefficient (Wildman–Crippen LogP) is 3.34. The van der Waals surface area contributed by atoms with Crippen molar-refractivity contribution in [3.8, 4) is 0 Å². The second-order valence-electron chi connectivity index (χ2n) is 7.28. The topological polar surface area (TPSA) is 32.3 Å². The van der Waals surface area contributed by atoms with Crippen molar-refractivity contribution in [1.82, 2.24) is 5.32 Å². The molecule has 0 spiro atoms. The minimum atomic E-state index is -0.0174. The largest absolute Gasteiger partial charge is 0.393 e. The number of aliphatic hydroxyl groups excluding tert-OH is 1. The van der Waals surface area contributed by atoms with Crippen molar-refractivity contribution in [3.05, 3.63) is 0 Å². The van der Waals surface area contributed by atoms with Crippen molar-refractivity contribution in [3.63, 3.8) is 0 Å². The Kier molecular flexibility index (Phi) is 5.08. The van der Waals surface area contributed by atoms with Crippen LogP contribution in [-0.4, -0.2) is 24.3 Å². The summed E-state index contributed by atoms with van der Waals surface area (Å²) in [6.07, 6.45) is 10.2. The molecule has 2 nitrogen and oxygen atoms in total. The summed E-state index contributed by atoms with van der Waals surface area (Å²) in [5.74, 6) is 1.73. The minimum absolute atomic E-state index is 0.0174. The quantitative estimate of drug-likeness (QED) is 0.787. The molecule has 2 N–H and O–H groups in total. The lowest BCUT2D eigenvalue weighted by atomic mass is 9.77. The van der Waals surface area contributed by atoms with E-state index in [0.29, 0.717) is 5.41 Å². The van der Waals surface area contributed by atoms with Crippen LogP contribution in [0.4, 0.5) is 0 Å². The van der Waals surface area contributed by atoms with E-state index < -0.39 is 0 Å². The Morgan fingerprint density at radius 1 is 1.00 bits per heavy atom. The smallest absolute Gasteiger partial charge is 0.0540 e. The number of nitrogens with one attached hydrogen (secondary N) is 1. The third kappa shape index (κ3) is 3.96. The second kappa shape index (κ2) is 6.38. The summed E-state index contributed by atoms with van der Waals surface area (Å²) < 4.78 is 0. The van der Waals surface area contributed by atoms with Crippen molar-refractivity contribution >= 4 is 0 Å². The first-order valence-corrected chi connectivity index (χ1v) is 7.97. The average molecular weight is 253 g/mol. The normalized spacial score (nSPS) is 30.8. The molecule has 106 valence electrons. The Bertz CT molecular complexity index is 237. The molecule has 0 saturated heterocycles. The molecule has 2 heteroatoms. The van der Waals surface area contributed by atoms with Gasteiger partial charge in [0, 0.05) is 6.54 Å². The lowest BCUT2D eigenvalue weighted by molar-refractivity contribution is 0.106. The van der Waals surface area contributed by atoms with Crippen LogP contribution in [0.2, 0.25) is 0 Å². The molecule has 0 amide bonds. The van der Waals surface area contributed by atoms with Crippen LogP contribution in [0.15, 0.2) is 0 Å². The second-order valence-corrected chi connectivity index (χ2v) is 7.28. The molecule has 0 aromatic carbocycles. The number of hydrogen-bond acceptors (Lipinski definition) is 2. The van der Waals surface area contributed by atoms with Gasteiger partial charge in [-0.05, 0) is 62.3 Å². The van der Waals surface area contributed by atoms with Crippen LogP contribution in [0, 0.1) is 17.3 Å². The lowest BCUT2D eigenvalue weighted by Gasteiger charge is -2.33. The summed E-state index contributed by atoms with van der Waals surface area (Å²) in [5.41, 5.74) is 0.463. The third-order valence-electron chi connectivity index (χ3n) is 5.29. The van der Waals surface area contributed by atoms with Crippen LogP contribution in [-0.2, 0) is 0 Å². The van der Waals surface area contributed by atoms with E-state index in [1.807, 2.05) is 0 Å². The highest BCUT2D eigenvalue weighted by Crippen LogP contribution is 2.39. The first kappa shape index (κ1) is 14.3. The van der Waals surface area contributed by atoms with Gasteiger partial charge >= 0.3 is 0 Å². The van der Waals surface area contributed by atoms with Gasteiger partial charge in [-0.3, -0.25) is 0 Å². The Balaban J connectivity index is 1.65. The first-order valence-electron chi connectivity index (χ1n) is 7.97. The maximum atomic E-state index is 9.50. The van der Waals surface area contributed by atoms with E-state index in [9.17, 15) is 5.11 Å². The highest BCUT2D eigenvalue weighted by atomic mass is 16.3. The van der Waals surface area contributed by atoms with Crippen molar-refractivity contribution in [2.45, 2.75) is 71.3 Å². The molecule has 0 aliphatic heterocycles. The van der Waals surface area contributed by atoms with Crippen molar-refractivity contribution < 1.29 is 5.11 Å². The number of aliphatic hydroxyl groups is 1. The number of rotatable bonds is 5. The zero-order chi connectivity index (χ0) is 13.0. The van der Waals surface area contributed by atoms with Gasteiger partial charge in [0.2, 0.25) is 0 Å². The molecule has 2 fully saturated rings. The maximum Gasteiger partial charge on any atom is 0.0540 e. The van der Waals surface area contributed by atoms with Crippen molar-refractivity contribution in [2.24, 2.45) is 17.3 Å². The zero-order valence-corrected chi connectivity index (χ0v) is 12.3. The molecule has 0 aromatic rings. The Morgan fingerprint density at radius 3 is 2.22 bits per heavy atom. The molecule has 0 bridgehead atoms. The fraction of sp³-hybridized carbons (Fsp3) is 1.00. The van der Waals surface area contributed by atoms with E-state index in [1.54, 1.807) is 0 Å². The third-order valence-corrected chi connectivity index (χ3v) is 5.29. The summed E-state index contributed by atoms with van der Waals surface area (Å²) in [6.45, 7) is 7.18. The van der Waals surface area contributed by atoms with Gasteiger partial charge in [-0.15, -0.1) is 0 Å². The zero-order valence-electron chi connectivity index (χ0n) is 12.3. The van der Waals surface area contributed by atoms with E-state index in [4.69, 9.17) is 0 Å². The van der Waals surface area contributed by atoms with Gasteiger partial charge in [0.05, 0.1) is 6.10 Å². The van der Waals surface area contributed by atoms with Crippen LogP contribution in [0.25, 0.3) is 0 Å². The Labute approximate surface area is 113 Å². The van der Waals surface area contributed by atoms with Gasteiger partial charge in [0.15, 0.2) is 0 Å². The summed E-state index contributed by atoms with van der Waals surface area (Å²) in [6, 6.07) is 0. The molecule has 2 aliphatic carbocycles. The molecule has 0 heterocycles. The van der Waals surface area contributed by atoms with Crippen molar-refractivity contribution in [1.29, 1.82) is 0 Å². The number of hydrogen-bond donors (Lipinski definition) is 2. The fourth-order valence-corrected chi connectivity index (χ4v) is 3.80. The highest BCUT2D eigenvalue weighted by molar-refractivity contribution is 4.84. The average Bonchev–Trinajstić information content (AvgIpc) is 2.86. The standard InChI is InChI=1S/C16H31NO/c1-16(2,14-5-3-4-6-14)12-17-11-13-7-9-15(18)10-8-13/h13-15,17-18H,3-12H2,1-2H3. The Hall–Kier alpha value is -0.0800. The molecule has 18 heavy (non-hydrogen) atoms. The molecule has 0 radical (unpaired) electrons. The van der Waals surface area contributed by atoms with Crippen LogP contribution in [0.3, 0.4) is 0 Å². The van der Waals surface area contributed by atoms with Gasteiger partial charge in [-0.1, -0.05) is 26.7 Å². The maximum absolute atomic E-state index is 9.50. The lowest BCUT2D eigenvalue weighted by Crippen LogP contribution is -2.37. The summed E-state index contributed by atoms with van der Waals surface area (Å²) >= 11 is 0. The minimum Gasteiger partial charge on any atom is -0.393 e. The van der Waals surface area contributed by atoms with Gasteiger partial charge in [0.1, 0.15) is 0 Å². The van der Waals surface area contributed by atoms with Gasteiger partial charge in [-0.25, -0.2) is 0 Å². The molecule has 2 aliphatic rings. The molecular formula is C16H31NO. The van der Waals surface area contributed by atoms with E-state index in [0.717, 1.165) is 37.8 Å². The van der Waals surface area contributed by atoms with Gasteiger partial charge in [-0.2, -0.15) is 0 Å². The van der Waals surface area contributed by atoms with E-state index >= 15 is 0 Å². The van der Waals surface area contributed by atoms with Crippen LogP contribution in [0.1, 0.15) is 65.2 Å². The molecule has 0 aromatic heterocycles. The van der Waals surface area contributed by atoms with Gasteiger partial charge in [0.25, 0.3) is 0 Å². The molecule has 0 atom stereocenters. The van der Waals surface area contributed by atoms with E-state index in [1.165, 1.54) is 38.5 Å². The molecular weight excluding hydrogens is 222 g/mol. The summed E-state index contributed by atoms with van der Waals surface area (Å²) in [4.78, 5) is 0. The highest BCUT2D eigenvalue weighted by Gasteiger charge is 2.31. The SMILES string of the molecule is CC(C)(CNCC1CCC(O)CC1)C1CCCC1. The van der Waals surface area contributed by atoms with Crippen LogP contribution in [0.5, 0.6) is 0 Å². The van der Waals surface area contributed by atoms with Crippen LogP contribution < -0.4 is 5.32 Å².